The van der Waals surface area contributed by atoms with E-state index < -0.39 is 37.6 Å². The largest absolute Gasteiger partial charge is 0.425 e. The summed E-state index contributed by atoms with van der Waals surface area (Å²) in [7, 11) is 0. The van der Waals surface area contributed by atoms with Crippen molar-refractivity contribution in [1.29, 1.82) is 0 Å². The Hall–Kier alpha value is -3.89. The molecule has 2 N–H and O–H groups in total. The molecule has 0 aromatic heterocycles. The maximum atomic E-state index is 11.5. The van der Waals surface area contributed by atoms with Gasteiger partial charge in [-0.15, -0.1) is 0 Å². The summed E-state index contributed by atoms with van der Waals surface area (Å²) in [6.45, 7) is 0. The predicted octanol–water partition coefficient (Wildman–Crippen LogP) is 1.16. The van der Waals surface area contributed by atoms with Gasteiger partial charge >= 0.3 is 17.1 Å². The van der Waals surface area contributed by atoms with Crippen LogP contribution in [0.1, 0.15) is 11.1 Å². The van der Waals surface area contributed by atoms with E-state index in [9.17, 15) is 30.3 Å². The fourth-order valence-corrected chi connectivity index (χ4v) is 2.79. The van der Waals surface area contributed by atoms with Crippen LogP contribution >= 0.6 is 0 Å². The van der Waals surface area contributed by atoms with E-state index >= 15 is 0 Å². The van der Waals surface area contributed by atoms with Crippen molar-refractivity contribution in [2.45, 2.75) is 0 Å². The van der Waals surface area contributed by atoms with Crippen LogP contribution in [-0.4, -0.2) is 20.5 Å². The van der Waals surface area contributed by atoms with Crippen LogP contribution in [0, 0.1) is 30.3 Å². The predicted molar refractivity (Wildman–Crippen MR) is 81.0 cm³/mol. The molecule has 0 atom stereocenters. The number of nitrogens with zero attached hydrogens (tertiary/aromatic N) is 4. The number of nitro groups is 3. The molecule has 2 aliphatic carbocycles. The van der Waals surface area contributed by atoms with Gasteiger partial charge in [0.1, 0.15) is 0 Å². The maximum Gasteiger partial charge on any atom is 0.425 e. The number of hydrogen-bond donors (Lipinski definition) is 1. The Morgan fingerprint density at radius 1 is 0.875 bits per heavy atom. The molecule has 0 heterocycles. The van der Waals surface area contributed by atoms with E-state index in [0.717, 1.165) is 0 Å². The molecule has 0 bridgehead atoms. The molecule has 3 rings (SSSR count). The highest BCUT2D eigenvalue weighted by Gasteiger charge is 2.53. The number of rotatable bonds is 3. The minimum absolute atomic E-state index is 0.0164. The fraction of sp³-hybridized carbons (Fsp3) is 0. The van der Waals surface area contributed by atoms with Crippen LogP contribution in [0.2, 0.25) is 0 Å². The highest BCUT2D eigenvalue weighted by molar-refractivity contribution is 6.28. The summed E-state index contributed by atoms with van der Waals surface area (Å²) in [4.78, 5) is 30.9. The van der Waals surface area contributed by atoms with Gasteiger partial charge in [-0.3, -0.25) is 30.3 Å². The first-order chi connectivity index (χ1) is 11.4. The van der Waals surface area contributed by atoms with Crippen molar-refractivity contribution >= 4 is 17.4 Å². The Morgan fingerprint density at radius 2 is 1.46 bits per heavy atom. The minimum Gasteiger partial charge on any atom is -0.322 e. The van der Waals surface area contributed by atoms with Gasteiger partial charge in [0.05, 0.1) is 20.3 Å². The molecule has 0 saturated heterocycles. The summed E-state index contributed by atoms with van der Waals surface area (Å²) in [5.41, 5.74) is -2.97. The second-order valence-electron chi connectivity index (χ2n) is 4.82. The van der Waals surface area contributed by atoms with Crippen LogP contribution in [0.15, 0.2) is 52.0 Å². The first kappa shape index (κ1) is 15.0. The molecule has 24 heavy (non-hydrogen) atoms. The van der Waals surface area contributed by atoms with Gasteiger partial charge in [-0.1, -0.05) is 24.3 Å². The van der Waals surface area contributed by atoms with E-state index in [2.05, 4.69) is 5.10 Å². The van der Waals surface area contributed by atoms with Gasteiger partial charge < -0.3 is 5.84 Å². The Bertz CT molecular complexity index is 955. The van der Waals surface area contributed by atoms with Gasteiger partial charge in [-0.25, -0.2) is 0 Å². The average Bonchev–Trinajstić information content (AvgIpc) is 2.90. The van der Waals surface area contributed by atoms with Crippen molar-refractivity contribution in [2.24, 2.45) is 10.9 Å². The maximum absolute atomic E-state index is 11.5. The minimum atomic E-state index is -1.24. The molecule has 0 saturated carbocycles. The van der Waals surface area contributed by atoms with Crippen LogP contribution in [0.4, 0.5) is 0 Å². The van der Waals surface area contributed by atoms with Gasteiger partial charge in [-0.05, 0) is 17.2 Å². The molecule has 0 amide bonds. The molecule has 11 nitrogen and oxygen atoms in total. The second-order valence-corrected chi connectivity index (χ2v) is 4.82. The van der Waals surface area contributed by atoms with Crippen LogP contribution in [0.3, 0.4) is 0 Å². The lowest BCUT2D eigenvalue weighted by molar-refractivity contribution is -0.497. The third-order valence-electron chi connectivity index (χ3n) is 3.64. The molecule has 11 heteroatoms. The smallest absolute Gasteiger partial charge is 0.322 e. The second kappa shape index (κ2) is 5.08. The number of allylic oxidation sites excluding steroid dienone is 2. The summed E-state index contributed by atoms with van der Waals surface area (Å²) in [5, 5.41) is 37.4. The zero-order chi connectivity index (χ0) is 17.6. The average molecular weight is 329 g/mol. The third kappa shape index (κ3) is 1.88. The fourth-order valence-electron chi connectivity index (χ4n) is 2.79. The lowest BCUT2D eigenvalue weighted by atomic mass is 9.89. The first-order valence-corrected chi connectivity index (χ1v) is 6.40. The first-order valence-electron chi connectivity index (χ1n) is 6.40. The standard InChI is InChI=1S/C13H7N5O6/c14-15-10-8-5-6-3-1-2-4-7(6)9(8)11(16(19)20)13(18(23)24)12(10)17(21)22/h1-5H,14H2. The van der Waals surface area contributed by atoms with Gasteiger partial charge in [0.2, 0.25) is 0 Å². The molecule has 0 aliphatic heterocycles. The van der Waals surface area contributed by atoms with Crippen LogP contribution in [0.25, 0.3) is 11.6 Å². The highest BCUT2D eigenvalue weighted by Crippen LogP contribution is 2.45. The van der Waals surface area contributed by atoms with E-state index in [1.54, 1.807) is 18.2 Å². The van der Waals surface area contributed by atoms with Crippen molar-refractivity contribution in [2.75, 3.05) is 0 Å². The summed E-state index contributed by atoms with van der Waals surface area (Å²) >= 11 is 0. The molecule has 0 spiro atoms. The van der Waals surface area contributed by atoms with Crippen molar-refractivity contribution in [3.05, 3.63) is 88.4 Å². The zero-order valence-electron chi connectivity index (χ0n) is 11.7. The summed E-state index contributed by atoms with van der Waals surface area (Å²) < 4.78 is 0. The SMILES string of the molecule is NN=C1C2=Cc3ccccc3C2=C([N+](=O)[O-])C([N+](=O)[O-])=C1[N+](=O)[O-]. The molecule has 120 valence electrons. The van der Waals surface area contributed by atoms with Gasteiger partial charge in [0.15, 0.2) is 5.71 Å². The van der Waals surface area contributed by atoms with E-state index in [1.165, 1.54) is 12.1 Å². The zero-order valence-corrected chi connectivity index (χ0v) is 11.7. The lowest BCUT2D eigenvalue weighted by Crippen LogP contribution is -2.28. The third-order valence-corrected chi connectivity index (χ3v) is 3.64. The summed E-state index contributed by atoms with van der Waals surface area (Å²) in [6.07, 6.45) is 1.43. The molecule has 1 aromatic rings. The summed E-state index contributed by atoms with van der Waals surface area (Å²) in [6, 6.07) is 6.41. The number of nitrogens with two attached hydrogens (primary N) is 1. The molecular weight excluding hydrogens is 322 g/mol. The van der Waals surface area contributed by atoms with Crippen LogP contribution in [0.5, 0.6) is 0 Å². The number of hydrazone groups is 1. The van der Waals surface area contributed by atoms with Crippen molar-refractivity contribution in [1.82, 2.24) is 0 Å². The Kier molecular flexibility index (Phi) is 3.18. The Morgan fingerprint density at radius 3 is 2.00 bits per heavy atom. The van der Waals surface area contributed by atoms with Crippen LogP contribution < -0.4 is 5.84 Å². The molecule has 0 radical (unpaired) electrons. The van der Waals surface area contributed by atoms with E-state index in [4.69, 9.17) is 5.84 Å². The topological polar surface area (TPSA) is 168 Å². The Balaban J connectivity index is 2.51. The highest BCUT2D eigenvalue weighted by atomic mass is 16.6. The van der Waals surface area contributed by atoms with E-state index in [1.807, 2.05) is 0 Å². The van der Waals surface area contributed by atoms with Crippen LogP contribution in [-0.2, 0) is 0 Å². The molecule has 1 aromatic carbocycles. The molecular formula is C13H7N5O6. The van der Waals surface area contributed by atoms with Crippen molar-refractivity contribution in [3.8, 4) is 0 Å². The van der Waals surface area contributed by atoms with E-state index in [0.29, 0.717) is 11.1 Å². The number of benzene rings is 1. The monoisotopic (exact) mass is 329 g/mol. The lowest BCUT2D eigenvalue weighted by Gasteiger charge is -2.13. The van der Waals surface area contributed by atoms with Gasteiger partial charge in [0, 0.05) is 5.57 Å². The van der Waals surface area contributed by atoms with Crippen molar-refractivity contribution < 1.29 is 14.8 Å². The number of fused-ring (bicyclic) bond motifs is 3. The van der Waals surface area contributed by atoms with Gasteiger partial charge in [-0.2, -0.15) is 5.10 Å². The normalized spacial score (nSPS) is 17.5. The molecule has 2 aliphatic rings. The van der Waals surface area contributed by atoms with Crippen molar-refractivity contribution in [3.63, 3.8) is 0 Å². The summed E-state index contributed by atoms with van der Waals surface area (Å²) in [5.74, 6) is 5.20. The molecule has 0 unspecified atom stereocenters. The van der Waals surface area contributed by atoms with E-state index in [-0.39, 0.29) is 11.1 Å². The number of hydrogen-bond acceptors (Lipinski definition) is 8. The Labute approximate surface area is 132 Å². The van der Waals surface area contributed by atoms with Gasteiger partial charge in [0.25, 0.3) is 0 Å². The quantitative estimate of drug-likeness (QED) is 0.493. The molecule has 0 fully saturated rings.